The van der Waals surface area contributed by atoms with Crippen LogP contribution in [0.5, 0.6) is 5.75 Å². The van der Waals surface area contributed by atoms with Gasteiger partial charge < -0.3 is 10.5 Å². The molecule has 0 saturated carbocycles. The second-order valence-corrected chi connectivity index (χ2v) is 5.32. The smallest absolute Gasteiger partial charge is 0.139 e. The molecular formula is C15H15BrFNO. The van der Waals surface area contributed by atoms with Crippen molar-refractivity contribution in [3.63, 3.8) is 0 Å². The SMILES string of the molecule is CC(N)C(Oc1ccc(Br)cc1)c1cccc(F)c1. The Balaban J connectivity index is 2.23. The summed E-state index contributed by atoms with van der Waals surface area (Å²) in [6.07, 6.45) is -0.378. The summed E-state index contributed by atoms with van der Waals surface area (Å²) in [7, 11) is 0. The van der Waals surface area contributed by atoms with Gasteiger partial charge in [-0.2, -0.15) is 0 Å². The highest BCUT2D eigenvalue weighted by Gasteiger charge is 2.18. The van der Waals surface area contributed by atoms with E-state index in [9.17, 15) is 4.39 Å². The first kappa shape index (κ1) is 14.0. The highest BCUT2D eigenvalue weighted by Crippen LogP contribution is 2.25. The molecule has 0 aliphatic carbocycles. The molecule has 0 amide bonds. The van der Waals surface area contributed by atoms with Crippen LogP contribution in [0.1, 0.15) is 18.6 Å². The minimum Gasteiger partial charge on any atom is -0.484 e. The topological polar surface area (TPSA) is 35.2 Å². The maximum Gasteiger partial charge on any atom is 0.139 e. The zero-order valence-corrected chi connectivity index (χ0v) is 12.1. The van der Waals surface area contributed by atoms with E-state index in [1.165, 1.54) is 12.1 Å². The molecule has 0 spiro atoms. The van der Waals surface area contributed by atoms with Crippen LogP contribution in [0.25, 0.3) is 0 Å². The third kappa shape index (κ3) is 3.78. The minimum absolute atomic E-state index is 0.245. The van der Waals surface area contributed by atoms with Gasteiger partial charge in [0.05, 0.1) is 0 Å². The summed E-state index contributed by atoms with van der Waals surface area (Å²) in [6, 6.07) is 13.6. The van der Waals surface area contributed by atoms with Crippen LogP contribution >= 0.6 is 15.9 Å². The lowest BCUT2D eigenvalue weighted by Gasteiger charge is -2.23. The molecule has 0 aromatic heterocycles. The molecule has 0 aliphatic rings. The van der Waals surface area contributed by atoms with Crippen molar-refractivity contribution in [2.75, 3.05) is 0 Å². The van der Waals surface area contributed by atoms with Crippen molar-refractivity contribution in [3.05, 3.63) is 64.4 Å². The predicted octanol–water partition coefficient (Wildman–Crippen LogP) is 4.06. The molecule has 0 bridgehead atoms. The lowest BCUT2D eigenvalue weighted by molar-refractivity contribution is 0.180. The molecule has 2 atom stereocenters. The standard InChI is InChI=1S/C15H15BrFNO/c1-10(18)15(11-3-2-4-13(17)9-11)19-14-7-5-12(16)6-8-14/h2-10,15H,18H2,1H3. The molecule has 19 heavy (non-hydrogen) atoms. The van der Waals surface area contributed by atoms with Gasteiger partial charge in [0.1, 0.15) is 17.7 Å². The van der Waals surface area contributed by atoms with Crippen molar-refractivity contribution in [2.45, 2.75) is 19.1 Å². The van der Waals surface area contributed by atoms with Crippen molar-refractivity contribution in [3.8, 4) is 5.75 Å². The van der Waals surface area contributed by atoms with E-state index in [-0.39, 0.29) is 18.0 Å². The molecule has 0 aliphatic heterocycles. The van der Waals surface area contributed by atoms with Crippen LogP contribution < -0.4 is 10.5 Å². The van der Waals surface area contributed by atoms with Gasteiger partial charge in [-0.05, 0) is 48.9 Å². The maximum atomic E-state index is 13.3. The summed E-state index contributed by atoms with van der Waals surface area (Å²) >= 11 is 3.37. The lowest BCUT2D eigenvalue weighted by Crippen LogP contribution is -2.29. The monoisotopic (exact) mass is 323 g/mol. The molecule has 2 unspecified atom stereocenters. The van der Waals surface area contributed by atoms with Crippen molar-refractivity contribution < 1.29 is 9.13 Å². The molecule has 100 valence electrons. The Morgan fingerprint density at radius 1 is 1.16 bits per heavy atom. The van der Waals surface area contributed by atoms with Gasteiger partial charge in [0.15, 0.2) is 0 Å². The summed E-state index contributed by atoms with van der Waals surface area (Å²) in [5.41, 5.74) is 6.67. The van der Waals surface area contributed by atoms with Gasteiger partial charge in [0.25, 0.3) is 0 Å². The molecule has 0 saturated heterocycles. The Hall–Kier alpha value is -1.39. The predicted molar refractivity (Wildman–Crippen MR) is 77.6 cm³/mol. The average Bonchev–Trinajstić information content (AvgIpc) is 2.37. The van der Waals surface area contributed by atoms with Gasteiger partial charge in [-0.3, -0.25) is 0 Å². The Bertz CT molecular complexity index is 542. The summed E-state index contributed by atoms with van der Waals surface area (Å²) in [5, 5.41) is 0. The van der Waals surface area contributed by atoms with E-state index in [1.807, 2.05) is 37.3 Å². The number of halogens is 2. The number of benzene rings is 2. The largest absolute Gasteiger partial charge is 0.484 e. The normalized spacial score (nSPS) is 13.9. The third-order valence-electron chi connectivity index (χ3n) is 2.73. The molecule has 4 heteroatoms. The first-order chi connectivity index (χ1) is 9.06. The zero-order chi connectivity index (χ0) is 13.8. The van der Waals surface area contributed by atoms with Crippen LogP contribution in [0, 0.1) is 5.82 Å². The van der Waals surface area contributed by atoms with Crippen LogP contribution in [0.4, 0.5) is 4.39 Å². The molecule has 0 fully saturated rings. The first-order valence-electron chi connectivity index (χ1n) is 5.99. The van der Waals surface area contributed by atoms with Gasteiger partial charge in [-0.15, -0.1) is 0 Å². The molecule has 2 aromatic rings. The van der Waals surface area contributed by atoms with Gasteiger partial charge in [-0.25, -0.2) is 4.39 Å². The molecule has 2 N–H and O–H groups in total. The van der Waals surface area contributed by atoms with E-state index in [1.54, 1.807) is 6.07 Å². The van der Waals surface area contributed by atoms with E-state index in [0.29, 0.717) is 5.75 Å². The number of nitrogens with two attached hydrogens (primary N) is 1. The second-order valence-electron chi connectivity index (χ2n) is 4.41. The number of rotatable bonds is 4. The summed E-state index contributed by atoms with van der Waals surface area (Å²) < 4.78 is 20.1. The fraction of sp³-hybridized carbons (Fsp3) is 0.200. The van der Waals surface area contributed by atoms with E-state index < -0.39 is 0 Å². The molecule has 0 heterocycles. The Kier molecular flexibility index (Phi) is 4.56. The first-order valence-corrected chi connectivity index (χ1v) is 6.79. The molecule has 2 rings (SSSR count). The molecule has 2 nitrogen and oxygen atoms in total. The fourth-order valence-corrected chi connectivity index (χ4v) is 2.09. The van der Waals surface area contributed by atoms with Crippen LogP contribution in [0.2, 0.25) is 0 Å². The van der Waals surface area contributed by atoms with Crippen molar-refractivity contribution in [2.24, 2.45) is 5.73 Å². The van der Waals surface area contributed by atoms with Gasteiger partial charge in [0.2, 0.25) is 0 Å². The summed E-state index contributed by atoms with van der Waals surface area (Å²) in [4.78, 5) is 0. The highest BCUT2D eigenvalue weighted by molar-refractivity contribution is 9.10. The van der Waals surface area contributed by atoms with Gasteiger partial charge in [-0.1, -0.05) is 28.1 Å². The lowest BCUT2D eigenvalue weighted by atomic mass is 10.0. The number of hydrogen-bond acceptors (Lipinski definition) is 2. The van der Waals surface area contributed by atoms with Crippen LogP contribution in [0.15, 0.2) is 53.0 Å². The molecule has 2 aromatic carbocycles. The number of ether oxygens (including phenoxy) is 1. The van der Waals surface area contributed by atoms with Gasteiger partial charge in [0, 0.05) is 10.5 Å². The average molecular weight is 324 g/mol. The Morgan fingerprint density at radius 3 is 2.42 bits per heavy atom. The van der Waals surface area contributed by atoms with Crippen molar-refractivity contribution >= 4 is 15.9 Å². The van der Waals surface area contributed by atoms with Crippen molar-refractivity contribution in [1.29, 1.82) is 0 Å². The Morgan fingerprint density at radius 2 is 1.84 bits per heavy atom. The summed E-state index contributed by atoms with van der Waals surface area (Å²) in [6.45, 7) is 1.84. The maximum absolute atomic E-state index is 13.3. The Labute approximate surface area is 120 Å². The molecular weight excluding hydrogens is 309 g/mol. The third-order valence-corrected chi connectivity index (χ3v) is 3.26. The van der Waals surface area contributed by atoms with E-state index >= 15 is 0 Å². The van der Waals surface area contributed by atoms with Crippen molar-refractivity contribution in [1.82, 2.24) is 0 Å². The van der Waals surface area contributed by atoms with Crippen LogP contribution in [0.3, 0.4) is 0 Å². The van der Waals surface area contributed by atoms with E-state index in [0.717, 1.165) is 10.0 Å². The van der Waals surface area contributed by atoms with E-state index in [4.69, 9.17) is 10.5 Å². The summed E-state index contributed by atoms with van der Waals surface area (Å²) in [5.74, 6) is 0.414. The number of hydrogen-bond donors (Lipinski definition) is 1. The molecule has 0 radical (unpaired) electrons. The fourth-order valence-electron chi connectivity index (χ4n) is 1.82. The highest BCUT2D eigenvalue weighted by atomic mass is 79.9. The zero-order valence-electron chi connectivity index (χ0n) is 10.5. The van der Waals surface area contributed by atoms with Gasteiger partial charge >= 0.3 is 0 Å². The minimum atomic E-state index is -0.378. The second kappa shape index (κ2) is 6.17. The van der Waals surface area contributed by atoms with Crippen LogP contribution in [-0.4, -0.2) is 6.04 Å². The van der Waals surface area contributed by atoms with E-state index in [2.05, 4.69) is 15.9 Å². The van der Waals surface area contributed by atoms with Crippen LogP contribution in [-0.2, 0) is 0 Å². The quantitative estimate of drug-likeness (QED) is 0.921.